The van der Waals surface area contributed by atoms with Gasteiger partial charge in [0.05, 0.1) is 6.42 Å². The number of amides is 2. The minimum Gasteiger partial charge on any atom is -0.357 e. The van der Waals surface area contributed by atoms with Crippen LogP contribution < -0.4 is 5.32 Å². The Morgan fingerprint density at radius 1 is 1.04 bits per heavy atom. The minimum absolute atomic E-state index is 0.143. The number of nitrogens with one attached hydrogen (secondary N) is 1. The lowest BCUT2D eigenvalue weighted by Gasteiger charge is -2.28. The van der Waals surface area contributed by atoms with E-state index in [1.807, 2.05) is 26.0 Å². The maximum Gasteiger partial charge on any atom is 0.242 e. The summed E-state index contributed by atoms with van der Waals surface area (Å²) in [5.41, 5.74) is 3.88. The van der Waals surface area contributed by atoms with E-state index < -0.39 is 6.04 Å². The number of aryl methyl sites for hydroxylation is 2. The van der Waals surface area contributed by atoms with Crippen LogP contribution in [-0.4, -0.2) is 29.8 Å². The number of halogens is 1. The second-order valence-electron chi connectivity index (χ2n) is 6.61. The highest BCUT2D eigenvalue weighted by molar-refractivity contribution is 5.88. The van der Waals surface area contributed by atoms with Crippen molar-refractivity contribution in [2.45, 2.75) is 39.8 Å². The third-order valence-corrected chi connectivity index (χ3v) is 4.32. The molecule has 138 valence electrons. The summed E-state index contributed by atoms with van der Waals surface area (Å²) >= 11 is 0. The van der Waals surface area contributed by atoms with E-state index >= 15 is 0 Å². The van der Waals surface area contributed by atoms with Gasteiger partial charge in [0.1, 0.15) is 11.9 Å². The van der Waals surface area contributed by atoms with Crippen LogP contribution in [0.2, 0.25) is 0 Å². The molecule has 0 saturated carbocycles. The summed E-state index contributed by atoms with van der Waals surface area (Å²) in [5, 5.41) is 2.58. The highest BCUT2D eigenvalue weighted by Crippen LogP contribution is 2.15. The molecule has 0 spiro atoms. The molecule has 0 aliphatic rings. The van der Waals surface area contributed by atoms with Gasteiger partial charge in [-0.1, -0.05) is 41.5 Å². The standard InChI is InChI=1S/C21H25FN2O2/c1-14-9-15(2)11-18(10-14)12-20(25)24(16(3)21(26)23-4)13-17-5-7-19(22)8-6-17/h5-11,16H,12-13H2,1-4H3,(H,23,26). The van der Waals surface area contributed by atoms with Crippen LogP contribution >= 0.6 is 0 Å². The van der Waals surface area contributed by atoms with Gasteiger partial charge < -0.3 is 10.2 Å². The molecule has 2 aromatic carbocycles. The summed E-state index contributed by atoms with van der Waals surface area (Å²) < 4.78 is 13.1. The van der Waals surface area contributed by atoms with Crippen LogP contribution in [0.25, 0.3) is 0 Å². The highest BCUT2D eigenvalue weighted by atomic mass is 19.1. The molecule has 4 nitrogen and oxygen atoms in total. The molecule has 0 heterocycles. The molecule has 1 atom stereocenters. The van der Waals surface area contributed by atoms with Gasteiger partial charge in [0.25, 0.3) is 0 Å². The third-order valence-electron chi connectivity index (χ3n) is 4.32. The summed E-state index contributed by atoms with van der Waals surface area (Å²) in [5.74, 6) is -0.711. The van der Waals surface area contributed by atoms with Gasteiger partial charge in [0.2, 0.25) is 11.8 Å². The van der Waals surface area contributed by atoms with Gasteiger partial charge >= 0.3 is 0 Å². The Morgan fingerprint density at radius 2 is 1.62 bits per heavy atom. The SMILES string of the molecule is CNC(=O)C(C)N(Cc1ccc(F)cc1)C(=O)Cc1cc(C)cc(C)c1. The Balaban J connectivity index is 2.24. The monoisotopic (exact) mass is 356 g/mol. The Hall–Kier alpha value is -2.69. The van der Waals surface area contributed by atoms with Crippen LogP contribution in [0.4, 0.5) is 4.39 Å². The molecule has 0 aromatic heterocycles. The topological polar surface area (TPSA) is 49.4 Å². The van der Waals surface area contributed by atoms with E-state index in [0.717, 1.165) is 22.3 Å². The summed E-state index contributed by atoms with van der Waals surface area (Å²) in [4.78, 5) is 26.6. The lowest BCUT2D eigenvalue weighted by atomic mass is 10.0. The van der Waals surface area contributed by atoms with Crippen molar-refractivity contribution in [3.05, 3.63) is 70.5 Å². The molecule has 0 bridgehead atoms. The van der Waals surface area contributed by atoms with Crippen LogP contribution in [0.1, 0.15) is 29.2 Å². The van der Waals surface area contributed by atoms with Crippen molar-refractivity contribution >= 4 is 11.8 Å². The van der Waals surface area contributed by atoms with Crippen molar-refractivity contribution in [1.82, 2.24) is 10.2 Å². The number of benzene rings is 2. The number of carbonyl (C=O) groups is 2. The Kier molecular flexibility index (Phi) is 6.50. The van der Waals surface area contributed by atoms with E-state index in [9.17, 15) is 14.0 Å². The normalized spacial score (nSPS) is 11.7. The molecule has 0 radical (unpaired) electrons. The van der Waals surface area contributed by atoms with Crippen molar-refractivity contribution in [1.29, 1.82) is 0 Å². The molecule has 26 heavy (non-hydrogen) atoms. The smallest absolute Gasteiger partial charge is 0.242 e. The number of carbonyl (C=O) groups excluding carboxylic acids is 2. The van der Waals surface area contributed by atoms with E-state index in [0.29, 0.717) is 0 Å². The Morgan fingerprint density at radius 3 is 2.15 bits per heavy atom. The maximum absolute atomic E-state index is 13.1. The van der Waals surface area contributed by atoms with Gasteiger partial charge in [0.15, 0.2) is 0 Å². The van der Waals surface area contributed by atoms with Crippen LogP contribution in [0.15, 0.2) is 42.5 Å². The molecule has 2 aromatic rings. The third kappa shape index (κ3) is 5.15. The number of hydrogen-bond acceptors (Lipinski definition) is 2. The van der Waals surface area contributed by atoms with Gasteiger partial charge in [-0.15, -0.1) is 0 Å². The molecule has 5 heteroatoms. The molecular weight excluding hydrogens is 331 g/mol. The molecule has 0 saturated heterocycles. The Bertz CT molecular complexity index is 767. The minimum atomic E-state index is -0.622. The quantitative estimate of drug-likeness (QED) is 0.864. The first-order valence-electron chi connectivity index (χ1n) is 8.63. The molecule has 1 unspecified atom stereocenters. The summed E-state index contributed by atoms with van der Waals surface area (Å²) in [6.07, 6.45) is 0.213. The first-order chi connectivity index (χ1) is 12.3. The molecule has 2 rings (SSSR count). The van der Waals surface area contributed by atoms with E-state index in [1.54, 1.807) is 26.1 Å². The number of hydrogen-bond donors (Lipinski definition) is 1. The summed E-state index contributed by atoms with van der Waals surface area (Å²) in [6.45, 7) is 5.93. The van der Waals surface area contributed by atoms with E-state index in [1.165, 1.54) is 17.0 Å². The average Bonchev–Trinajstić information content (AvgIpc) is 2.58. The van der Waals surface area contributed by atoms with Gasteiger partial charge in [-0.3, -0.25) is 9.59 Å². The van der Waals surface area contributed by atoms with Crippen molar-refractivity contribution in [3.63, 3.8) is 0 Å². The fraction of sp³-hybridized carbons (Fsp3) is 0.333. The van der Waals surface area contributed by atoms with Gasteiger partial charge in [-0.25, -0.2) is 4.39 Å². The van der Waals surface area contributed by atoms with Crippen molar-refractivity contribution < 1.29 is 14.0 Å². The number of nitrogens with zero attached hydrogens (tertiary/aromatic N) is 1. The Labute approximate surface area is 154 Å². The first-order valence-corrected chi connectivity index (χ1v) is 8.63. The van der Waals surface area contributed by atoms with E-state index in [2.05, 4.69) is 11.4 Å². The highest BCUT2D eigenvalue weighted by Gasteiger charge is 2.25. The van der Waals surface area contributed by atoms with Crippen molar-refractivity contribution in [3.8, 4) is 0 Å². The zero-order chi connectivity index (χ0) is 19.3. The summed E-state index contributed by atoms with van der Waals surface area (Å²) in [7, 11) is 1.54. The number of rotatable bonds is 6. The lowest BCUT2D eigenvalue weighted by molar-refractivity contribution is -0.139. The molecule has 1 N–H and O–H groups in total. The van der Waals surface area contributed by atoms with Crippen LogP contribution in [0.5, 0.6) is 0 Å². The predicted molar refractivity (Wildman–Crippen MR) is 100 cm³/mol. The second kappa shape index (κ2) is 8.61. The van der Waals surface area contributed by atoms with Gasteiger partial charge in [-0.2, -0.15) is 0 Å². The fourth-order valence-electron chi connectivity index (χ4n) is 3.03. The van der Waals surface area contributed by atoms with Gasteiger partial charge in [0, 0.05) is 13.6 Å². The average molecular weight is 356 g/mol. The second-order valence-corrected chi connectivity index (χ2v) is 6.61. The maximum atomic E-state index is 13.1. The first kappa shape index (κ1) is 19.6. The van der Waals surface area contributed by atoms with E-state index in [-0.39, 0.29) is 30.6 Å². The largest absolute Gasteiger partial charge is 0.357 e. The van der Waals surface area contributed by atoms with Crippen LogP contribution in [0, 0.1) is 19.7 Å². The van der Waals surface area contributed by atoms with Crippen molar-refractivity contribution in [2.75, 3.05) is 7.05 Å². The predicted octanol–water partition coefficient (Wildman–Crippen LogP) is 3.15. The van der Waals surface area contributed by atoms with Gasteiger partial charge in [-0.05, 0) is 44.0 Å². The zero-order valence-electron chi connectivity index (χ0n) is 15.7. The molecule has 2 amide bonds. The number of likely N-dealkylation sites (N-methyl/N-ethyl adjacent to an activating group) is 1. The molecule has 0 aliphatic carbocycles. The lowest BCUT2D eigenvalue weighted by Crippen LogP contribution is -2.47. The summed E-state index contributed by atoms with van der Waals surface area (Å²) in [6, 6.07) is 11.3. The molecular formula is C21H25FN2O2. The molecule has 0 aliphatic heterocycles. The van der Waals surface area contributed by atoms with Crippen molar-refractivity contribution in [2.24, 2.45) is 0 Å². The zero-order valence-corrected chi connectivity index (χ0v) is 15.7. The van der Waals surface area contributed by atoms with Crippen LogP contribution in [0.3, 0.4) is 0 Å². The van der Waals surface area contributed by atoms with Crippen LogP contribution in [-0.2, 0) is 22.6 Å². The molecule has 0 fully saturated rings. The van der Waals surface area contributed by atoms with E-state index in [4.69, 9.17) is 0 Å². The fourth-order valence-corrected chi connectivity index (χ4v) is 3.03.